The minimum absolute atomic E-state index is 0.0106. The molecular formula is C11H13N3O3. The number of methoxy groups -OCH3 is 1. The molecule has 1 aromatic rings. The molecule has 0 spiro atoms. The Morgan fingerprint density at radius 2 is 2.59 bits per heavy atom. The van der Waals surface area contributed by atoms with E-state index in [1.165, 1.54) is 6.39 Å². The fraction of sp³-hybridized carbons (Fsp3) is 0.455. The molecule has 0 radical (unpaired) electrons. The second kappa shape index (κ2) is 3.89. The normalized spacial score (nSPS) is 27.0. The molecule has 2 atom stereocenters. The molecule has 0 unspecified atom stereocenters. The Labute approximate surface area is 98.2 Å². The summed E-state index contributed by atoms with van der Waals surface area (Å²) in [6.07, 6.45) is 5.07. The molecule has 1 aromatic heterocycles. The first-order valence-corrected chi connectivity index (χ1v) is 5.46. The zero-order valence-corrected chi connectivity index (χ0v) is 9.42. The molecule has 1 saturated heterocycles. The summed E-state index contributed by atoms with van der Waals surface area (Å²) < 4.78 is 10.4. The number of carbonyl (C=O) groups is 1. The van der Waals surface area contributed by atoms with E-state index in [2.05, 4.69) is 10.3 Å². The lowest BCUT2D eigenvalue weighted by atomic mass is 9.98. The third kappa shape index (κ3) is 1.61. The smallest absolute Gasteiger partial charge is 0.318 e. The first-order chi connectivity index (χ1) is 8.29. The van der Waals surface area contributed by atoms with Crippen molar-refractivity contribution < 1.29 is 13.9 Å². The van der Waals surface area contributed by atoms with Crippen molar-refractivity contribution in [1.29, 1.82) is 0 Å². The standard InChI is InChI=1S/C11H13N3O3/c1-16-5-7-2-8(10-3-12-6-17-10)9-4-14(7)11(15)13-9/h2-3,6-7,9H,4-5H2,1H3,(H,13,15)/t7-,9-/m0/s1. The number of oxazole rings is 1. The number of urea groups is 1. The highest BCUT2D eigenvalue weighted by Crippen LogP contribution is 2.29. The lowest BCUT2D eigenvalue weighted by molar-refractivity contribution is 0.133. The van der Waals surface area contributed by atoms with Crippen molar-refractivity contribution in [1.82, 2.24) is 15.2 Å². The highest BCUT2D eigenvalue weighted by atomic mass is 16.5. The SMILES string of the molecule is COC[C@@H]1C=C(c2cnco2)[C@@H]2CN1C(=O)N2. The van der Waals surface area contributed by atoms with Crippen LogP contribution in [0, 0.1) is 0 Å². The van der Waals surface area contributed by atoms with Crippen LogP contribution >= 0.6 is 0 Å². The maximum atomic E-state index is 11.7. The van der Waals surface area contributed by atoms with Gasteiger partial charge in [0.15, 0.2) is 12.2 Å². The van der Waals surface area contributed by atoms with Crippen molar-refractivity contribution in [2.75, 3.05) is 20.3 Å². The molecule has 0 aliphatic carbocycles. The van der Waals surface area contributed by atoms with E-state index in [1.807, 2.05) is 6.08 Å². The van der Waals surface area contributed by atoms with Crippen LogP contribution in [-0.4, -0.2) is 48.3 Å². The second-order valence-corrected chi connectivity index (χ2v) is 4.16. The molecule has 3 rings (SSSR count). The number of aromatic nitrogens is 1. The highest BCUT2D eigenvalue weighted by molar-refractivity contribution is 5.85. The number of hydrogen-bond donors (Lipinski definition) is 1. The predicted molar refractivity (Wildman–Crippen MR) is 59.2 cm³/mol. The maximum Gasteiger partial charge on any atom is 0.318 e. The van der Waals surface area contributed by atoms with Gasteiger partial charge in [0.25, 0.3) is 0 Å². The quantitative estimate of drug-likeness (QED) is 0.827. The van der Waals surface area contributed by atoms with Crippen LogP contribution in [0.15, 0.2) is 23.1 Å². The molecular weight excluding hydrogens is 222 g/mol. The molecule has 2 aliphatic heterocycles. The molecule has 6 nitrogen and oxygen atoms in total. The molecule has 2 aliphatic rings. The van der Waals surface area contributed by atoms with Gasteiger partial charge < -0.3 is 19.4 Å². The number of carbonyl (C=O) groups excluding carboxylic acids is 1. The van der Waals surface area contributed by atoms with Crippen LogP contribution in [0.4, 0.5) is 4.79 Å². The summed E-state index contributed by atoms with van der Waals surface area (Å²) in [6, 6.07) is -0.106. The van der Waals surface area contributed by atoms with Crippen molar-refractivity contribution in [3.63, 3.8) is 0 Å². The molecule has 1 fully saturated rings. The van der Waals surface area contributed by atoms with E-state index in [9.17, 15) is 4.79 Å². The predicted octanol–water partition coefficient (Wildman–Crippen LogP) is 0.480. The summed E-state index contributed by atoms with van der Waals surface area (Å²) in [5, 5.41) is 2.92. The summed E-state index contributed by atoms with van der Waals surface area (Å²) in [5.74, 6) is 0.706. The van der Waals surface area contributed by atoms with Crippen LogP contribution in [-0.2, 0) is 4.74 Å². The van der Waals surface area contributed by atoms with Gasteiger partial charge in [-0.3, -0.25) is 0 Å². The van der Waals surface area contributed by atoms with E-state index < -0.39 is 0 Å². The molecule has 0 saturated carbocycles. The van der Waals surface area contributed by atoms with Gasteiger partial charge in [0.1, 0.15) is 0 Å². The number of nitrogens with one attached hydrogen (secondary N) is 1. The van der Waals surface area contributed by atoms with Gasteiger partial charge in [-0.15, -0.1) is 0 Å². The first-order valence-electron chi connectivity index (χ1n) is 5.46. The van der Waals surface area contributed by atoms with Gasteiger partial charge in [0.2, 0.25) is 0 Å². The lowest BCUT2D eigenvalue weighted by Gasteiger charge is -2.28. The van der Waals surface area contributed by atoms with Crippen LogP contribution in [0.25, 0.3) is 5.57 Å². The van der Waals surface area contributed by atoms with Gasteiger partial charge in [0, 0.05) is 19.2 Å². The zero-order chi connectivity index (χ0) is 11.8. The number of rotatable bonds is 3. The molecule has 90 valence electrons. The van der Waals surface area contributed by atoms with Crippen LogP contribution < -0.4 is 5.32 Å². The van der Waals surface area contributed by atoms with Gasteiger partial charge in [-0.25, -0.2) is 9.78 Å². The molecule has 2 bridgehead atoms. The molecule has 6 heteroatoms. The number of nitrogens with zero attached hydrogens (tertiary/aromatic N) is 2. The monoisotopic (exact) mass is 235 g/mol. The fourth-order valence-corrected chi connectivity index (χ4v) is 2.35. The fourth-order valence-electron chi connectivity index (χ4n) is 2.35. The average Bonchev–Trinajstić information content (AvgIpc) is 2.93. The number of amides is 2. The van der Waals surface area contributed by atoms with Crippen molar-refractivity contribution in [2.45, 2.75) is 12.1 Å². The Balaban J connectivity index is 1.95. The lowest BCUT2D eigenvalue weighted by Crippen LogP contribution is -2.41. The Morgan fingerprint density at radius 1 is 1.71 bits per heavy atom. The summed E-state index contributed by atoms with van der Waals surface area (Å²) in [5.41, 5.74) is 0.978. The van der Waals surface area contributed by atoms with E-state index in [-0.39, 0.29) is 18.1 Å². The average molecular weight is 235 g/mol. The summed E-state index contributed by atoms with van der Waals surface area (Å²) in [6.45, 7) is 1.14. The van der Waals surface area contributed by atoms with Crippen LogP contribution in [0.5, 0.6) is 0 Å². The van der Waals surface area contributed by atoms with Gasteiger partial charge in [0.05, 0.1) is 24.9 Å². The van der Waals surface area contributed by atoms with Crippen LogP contribution in [0.2, 0.25) is 0 Å². The Hall–Kier alpha value is -1.82. The Kier molecular flexibility index (Phi) is 2.36. The highest BCUT2D eigenvalue weighted by Gasteiger charge is 2.40. The van der Waals surface area contributed by atoms with Crippen molar-refractivity contribution >= 4 is 11.6 Å². The van der Waals surface area contributed by atoms with Gasteiger partial charge in [-0.05, 0) is 0 Å². The minimum Gasteiger partial charge on any atom is -0.444 e. The second-order valence-electron chi connectivity index (χ2n) is 4.16. The summed E-state index contributed by atoms with van der Waals surface area (Å²) in [4.78, 5) is 17.4. The molecule has 2 amide bonds. The van der Waals surface area contributed by atoms with Gasteiger partial charge in [-0.1, -0.05) is 6.08 Å². The summed E-state index contributed by atoms with van der Waals surface area (Å²) >= 11 is 0. The van der Waals surface area contributed by atoms with E-state index in [0.29, 0.717) is 18.9 Å². The van der Waals surface area contributed by atoms with Crippen LogP contribution in [0.1, 0.15) is 5.76 Å². The number of hydrogen-bond acceptors (Lipinski definition) is 4. The molecule has 3 heterocycles. The van der Waals surface area contributed by atoms with E-state index in [0.717, 1.165) is 5.57 Å². The minimum atomic E-state index is -0.0529. The number of ether oxygens (including phenoxy) is 1. The zero-order valence-electron chi connectivity index (χ0n) is 9.42. The van der Waals surface area contributed by atoms with E-state index >= 15 is 0 Å². The van der Waals surface area contributed by atoms with E-state index in [4.69, 9.17) is 9.15 Å². The third-order valence-electron chi connectivity index (χ3n) is 3.14. The molecule has 17 heavy (non-hydrogen) atoms. The summed E-state index contributed by atoms with van der Waals surface area (Å²) in [7, 11) is 1.63. The topological polar surface area (TPSA) is 67.6 Å². The molecule has 0 aromatic carbocycles. The van der Waals surface area contributed by atoms with Crippen molar-refractivity contribution in [2.24, 2.45) is 0 Å². The Bertz CT molecular complexity index is 455. The molecule has 1 N–H and O–H groups in total. The largest absolute Gasteiger partial charge is 0.444 e. The van der Waals surface area contributed by atoms with E-state index in [1.54, 1.807) is 18.2 Å². The van der Waals surface area contributed by atoms with Crippen LogP contribution in [0.3, 0.4) is 0 Å². The Morgan fingerprint density at radius 3 is 3.29 bits per heavy atom. The van der Waals surface area contributed by atoms with Crippen molar-refractivity contribution in [3.05, 3.63) is 24.4 Å². The van der Waals surface area contributed by atoms with Gasteiger partial charge >= 0.3 is 6.03 Å². The first kappa shape index (κ1) is 10.3. The van der Waals surface area contributed by atoms with Crippen molar-refractivity contribution in [3.8, 4) is 0 Å². The number of fused-ring (bicyclic) bond motifs is 2. The van der Waals surface area contributed by atoms with Gasteiger partial charge in [-0.2, -0.15) is 0 Å². The maximum absolute atomic E-state index is 11.7. The third-order valence-corrected chi connectivity index (χ3v) is 3.14.